The molecule has 144 valence electrons. The summed E-state index contributed by atoms with van der Waals surface area (Å²) in [5.74, 6) is 0.117. The van der Waals surface area contributed by atoms with Crippen LogP contribution in [0.2, 0.25) is 0 Å². The van der Waals surface area contributed by atoms with E-state index in [-0.39, 0.29) is 11.8 Å². The molecule has 0 aromatic heterocycles. The molecule has 7 nitrogen and oxygen atoms in total. The van der Waals surface area contributed by atoms with Gasteiger partial charge in [-0.3, -0.25) is 4.79 Å². The van der Waals surface area contributed by atoms with Crippen LogP contribution < -0.4 is 4.90 Å². The van der Waals surface area contributed by atoms with Crippen LogP contribution in [0.15, 0.2) is 30.3 Å². The normalized spacial score (nSPS) is 20.6. The number of rotatable bonds is 4. The Kier molecular flexibility index (Phi) is 5.84. The lowest BCUT2D eigenvalue weighted by atomic mass is 9.96. The second-order valence-corrected chi connectivity index (χ2v) is 9.25. The number of hydrogen-bond donors (Lipinski definition) is 0. The fourth-order valence-corrected chi connectivity index (χ4v) is 4.78. The van der Waals surface area contributed by atoms with Crippen LogP contribution in [0.1, 0.15) is 12.8 Å². The Labute approximate surface area is 156 Å². The number of carbonyl (C=O) groups excluding carboxylic acids is 1. The molecular weight excluding hydrogens is 352 g/mol. The summed E-state index contributed by atoms with van der Waals surface area (Å²) in [4.78, 5) is 17.1. The van der Waals surface area contributed by atoms with Gasteiger partial charge in [-0.25, -0.2) is 0 Å². The van der Waals surface area contributed by atoms with Gasteiger partial charge in [-0.1, -0.05) is 18.2 Å². The molecule has 2 saturated heterocycles. The predicted octanol–water partition coefficient (Wildman–Crippen LogP) is 0.854. The summed E-state index contributed by atoms with van der Waals surface area (Å²) in [7, 11) is -0.296. The van der Waals surface area contributed by atoms with Gasteiger partial charge >= 0.3 is 0 Å². The van der Waals surface area contributed by atoms with Crippen molar-refractivity contribution in [2.45, 2.75) is 12.8 Å². The minimum absolute atomic E-state index is 0.0631. The van der Waals surface area contributed by atoms with E-state index in [0.717, 1.165) is 26.2 Å². The third kappa shape index (κ3) is 4.02. The van der Waals surface area contributed by atoms with E-state index in [1.165, 1.54) is 14.3 Å². The standard InChI is InChI=1S/C18H28N4O3S/c1-19(2)26(24,25)22-10-8-16(9-11-22)18(23)21-14-12-20(13-15-21)17-6-4-3-5-7-17/h3-7,16H,8-15H2,1-2H3. The number of carbonyl (C=O) groups is 1. The van der Waals surface area contributed by atoms with Gasteiger partial charge in [0, 0.05) is 65.0 Å². The molecule has 0 saturated carbocycles. The minimum Gasteiger partial charge on any atom is -0.368 e. The molecule has 8 heteroatoms. The average molecular weight is 381 g/mol. The number of piperidine rings is 1. The first-order valence-corrected chi connectivity index (χ1v) is 10.6. The van der Waals surface area contributed by atoms with Crippen molar-refractivity contribution in [3.05, 3.63) is 30.3 Å². The zero-order chi connectivity index (χ0) is 18.7. The number of anilines is 1. The van der Waals surface area contributed by atoms with Crippen molar-refractivity contribution in [1.29, 1.82) is 0 Å². The van der Waals surface area contributed by atoms with E-state index >= 15 is 0 Å². The van der Waals surface area contributed by atoms with Gasteiger partial charge < -0.3 is 9.80 Å². The quantitative estimate of drug-likeness (QED) is 0.777. The second kappa shape index (κ2) is 7.94. The number of nitrogens with zero attached hydrogens (tertiary/aromatic N) is 4. The van der Waals surface area contributed by atoms with Gasteiger partial charge in [0.05, 0.1) is 0 Å². The van der Waals surface area contributed by atoms with E-state index in [2.05, 4.69) is 17.0 Å². The van der Waals surface area contributed by atoms with Crippen LogP contribution in [0.3, 0.4) is 0 Å². The van der Waals surface area contributed by atoms with Gasteiger partial charge in [-0.15, -0.1) is 0 Å². The Hall–Kier alpha value is -1.64. The molecule has 1 amide bonds. The monoisotopic (exact) mass is 380 g/mol. The van der Waals surface area contributed by atoms with E-state index in [0.29, 0.717) is 25.9 Å². The highest BCUT2D eigenvalue weighted by atomic mass is 32.2. The number of para-hydroxylation sites is 1. The van der Waals surface area contributed by atoms with Gasteiger partial charge in [0.1, 0.15) is 0 Å². The Morgan fingerprint density at radius 2 is 1.54 bits per heavy atom. The van der Waals surface area contributed by atoms with Crippen molar-refractivity contribution in [1.82, 2.24) is 13.5 Å². The van der Waals surface area contributed by atoms with Crippen molar-refractivity contribution in [2.24, 2.45) is 5.92 Å². The number of benzene rings is 1. The molecule has 0 atom stereocenters. The molecule has 0 unspecified atom stereocenters. The highest BCUT2D eigenvalue weighted by molar-refractivity contribution is 7.86. The first-order valence-electron chi connectivity index (χ1n) is 9.16. The molecule has 2 aliphatic heterocycles. The summed E-state index contributed by atoms with van der Waals surface area (Å²) in [6.45, 7) is 3.96. The Morgan fingerprint density at radius 3 is 2.08 bits per heavy atom. The highest BCUT2D eigenvalue weighted by Crippen LogP contribution is 2.24. The van der Waals surface area contributed by atoms with Crippen LogP contribution in [0, 0.1) is 5.92 Å². The van der Waals surface area contributed by atoms with Crippen molar-refractivity contribution in [2.75, 3.05) is 58.3 Å². The zero-order valence-corrected chi connectivity index (χ0v) is 16.4. The Balaban J connectivity index is 1.51. The maximum absolute atomic E-state index is 12.8. The molecule has 0 N–H and O–H groups in total. The van der Waals surface area contributed by atoms with Crippen molar-refractivity contribution in [3.8, 4) is 0 Å². The second-order valence-electron chi connectivity index (χ2n) is 7.11. The summed E-state index contributed by atoms with van der Waals surface area (Å²) >= 11 is 0. The summed E-state index contributed by atoms with van der Waals surface area (Å²) in [5.41, 5.74) is 1.20. The fraction of sp³-hybridized carbons (Fsp3) is 0.611. The van der Waals surface area contributed by atoms with Crippen molar-refractivity contribution < 1.29 is 13.2 Å². The van der Waals surface area contributed by atoms with E-state index < -0.39 is 10.2 Å². The molecule has 1 aromatic carbocycles. The summed E-state index contributed by atoms with van der Waals surface area (Å²) in [6.07, 6.45) is 1.20. The Bertz CT molecular complexity index is 707. The smallest absolute Gasteiger partial charge is 0.281 e. The summed E-state index contributed by atoms with van der Waals surface area (Å²) in [6, 6.07) is 10.3. The first-order chi connectivity index (χ1) is 12.4. The third-order valence-electron chi connectivity index (χ3n) is 5.30. The molecule has 0 spiro atoms. The molecule has 0 radical (unpaired) electrons. The zero-order valence-electron chi connectivity index (χ0n) is 15.5. The molecule has 26 heavy (non-hydrogen) atoms. The molecule has 2 fully saturated rings. The lowest BCUT2D eigenvalue weighted by Crippen LogP contribution is -2.52. The van der Waals surface area contributed by atoms with Gasteiger partial charge in [0.2, 0.25) is 5.91 Å². The van der Waals surface area contributed by atoms with E-state index in [1.807, 2.05) is 23.1 Å². The van der Waals surface area contributed by atoms with Gasteiger partial charge in [-0.2, -0.15) is 17.0 Å². The number of hydrogen-bond acceptors (Lipinski definition) is 4. The van der Waals surface area contributed by atoms with Crippen molar-refractivity contribution in [3.63, 3.8) is 0 Å². The number of amides is 1. The largest absolute Gasteiger partial charge is 0.368 e. The highest BCUT2D eigenvalue weighted by Gasteiger charge is 2.34. The van der Waals surface area contributed by atoms with Crippen LogP contribution >= 0.6 is 0 Å². The van der Waals surface area contributed by atoms with Crippen molar-refractivity contribution >= 4 is 21.8 Å². The molecule has 2 heterocycles. The van der Waals surface area contributed by atoms with Gasteiger partial charge in [0.15, 0.2) is 0 Å². The summed E-state index contributed by atoms with van der Waals surface area (Å²) in [5, 5.41) is 0. The maximum Gasteiger partial charge on any atom is 0.281 e. The molecule has 2 aliphatic rings. The Morgan fingerprint density at radius 1 is 0.962 bits per heavy atom. The maximum atomic E-state index is 12.8. The lowest BCUT2D eigenvalue weighted by molar-refractivity contribution is -0.137. The van der Waals surface area contributed by atoms with Crippen LogP contribution in [0.5, 0.6) is 0 Å². The third-order valence-corrected chi connectivity index (χ3v) is 7.24. The fourth-order valence-electron chi connectivity index (χ4n) is 3.65. The van der Waals surface area contributed by atoms with E-state index in [4.69, 9.17) is 0 Å². The summed E-state index contributed by atoms with van der Waals surface area (Å²) < 4.78 is 27.1. The molecule has 1 aromatic rings. The molecule has 0 bridgehead atoms. The van der Waals surface area contributed by atoms with Gasteiger partial charge in [-0.05, 0) is 25.0 Å². The average Bonchev–Trinajstić information content (AvgIpc) is 2.68. The van der Waals surface area contributed by atoms with Crippen LogP contribution in [0.25, 0.3) is 0 Å². The topological polar surface area (TPSA) is 64.2 Å². The number of piperazine rings is 1. The van der Waals surface area contributed by atoms with Crippen LogP contribution in [-0.2, 0) is 15.0 Å². The molecule has 3 rings (SSSR count). The first kappa shape index (κ1) is 19.1. The SMILES string of the molecule is CN(C)S(=O)(=O)N1CCC(C(=O)N2CCN(c3ccccc3)CC2)CC1. The van der Waals surface area contributed by atoms with E-state index in [9.17, 15) is 13.2 Å². The van der Waals surface area contributed by atoms with Gasteiger partial charge in [0.25, 0.3) is 10.2 Å². The van der Waals surface area contributed by atoms with E-state index in [1.54, 1.807) is 14.1 Å². The molecular formula is C18H28N4O3S. The lowest BCUT2D eigenvalue weighted by Gasteiger charge is -2.39. The molecule has 0 aliphatic carbocycles. The van der Waals surface area contributed by atoms with Crippen LogP contribution in [-0.4, -0.2) is 81.2 Å². The predicted molar refractivity (Wildman–Crippen MR) is 102 cm³/mol. The van der Waals surface area contributed by atoms with Crippen LogP contribution in [0.4, 0.5) is 5.69 Å². The minimum atomic E-state index is -3.38.